The number of hydrogen-bond donors (Lipinski definition) is 0. The molecule has 2 aromatic heterocycles. The molecular weight excluding hydrogens is 534 g/mol. The molecule has 2 aromatic rings. The molecule has 9 heteroatoms. The van der Waals surface area contributed by atoms with E-state index in [-0.39, 0.29) is 11.9 Å². The number of pyridine rings is 1. The van der Waals surface area contributed by atoms with Gasteiger partial charge in [-0.1, -0.05) is 25.3 Å². The molecule has 4 rings (SSSR count). The Kier molecular flexibility index (Phi) is 13.3. The maximum Gasteiger partial charge on any atom is 0.295 e. The number of carbonyl (C=O) groups excluding carboxylic acids is 1. The number of amides is 1. The van der Waals surface area contributed by atoms with Crippen LogP contribution in [0.15, 0.2) is 41.1 Å². The summed E-state index contributed by atoms with van der Waals surface area (Å²) >= 11 is 0. The molecule has 0 N–H and O–H groups in total. The predicted octanol–water partition coefficient (Wildman–Crippen LogP) is 6.07. The molecule has 0 aromatic carbocycles. The minimum absolute atomic E-state index is 0.0951. The largest absolute Gasteiger partial charge is 0.459 e. The predicted molar refractivity (Wildman–Crippen MR) is 162 cm³/mol. The lowest BCUT2D eigenvalue weighted by Gasteiger charge is -2.42. The van der Waals surface area contributed by atoms with Crippen LogP contribution in [-0.4, -0.2) is 82.5 Å². The molecule has 0 atom stereocenters. The van der Waals surface area contributed by atoms with E-state index in [1.807, 2.05) is 30.2 Å². The maximum atomic E-state index is 13.5. The summed E-state index contributed by atoms with van der Waals surface area (Å²) in [5.74, 6) is 1.27. The van der Waals surface area contributed by atoms with Crippen molar-refractivity contribution in [1.29, 1.82) is 0 Å². The summed E-state index contributed by atoms with van der Waals surface area (Å²) < 4.78 is 27.1. The Morgan fingerprint density at radius 2 is 1.76 bits per heavy atom. The molecule has 0 bridgehead atoms. The van der Waals surface area contributed by atoms with Crippen molar-refractivity contribution in [3.8, 4) is 0 Å². The first-order valence-corrected chi connectivity index (χ1v) is 15.7. The van der Waals surface area contributed by atoms with E-state index in [0.717, 1.165) is 44.5 Å². The lowest BCUT2D eigenvalue weighted by molar-refractivity contribution is -0.0807. The molecule has 1 amide bonds. The van der Waals surface area contributed by atoms with Crippen LogP contribution in [0.4, 0.5) is 5.82 Å². The molecule has 234 valence electrons. The highest BCUT2D eigenvalue weighted by Crippen LogP contribution is 2.44. The van der Waals surface area contributed by atoms with Crippen LogP contribution in [0.2, 0.25) is 0 Å². The van der Waals surface area contributed by atoms with Crippen LogP contribution in [0.1, 0.15) is 80.3 Å². The number of ether oxygens (including phenoxy) is 4. The normalized spacial score (nSPS) is 18.0. The van der Waals surface area contributed by atoms with E-state index < -0.39 is 0 Å². The lowest BCUT2D eigenvalue weighted by atomic mass is 9.68. The van der Waals surface area contributed by atoms with Gasteiger partial charge in [0.2, 0.25) is 0 Å². The van der Waals surface area contributed by atoms with Gasteiger partial charge in [0.25, 0.3) is 5.91 Å². The van der Waals surface area contributed by atoms with Crippen LogP contribution in [0.5, 0.6) is 0 Å². The fourth-order valence-corrected chi connectivity index (χ4v) is 6.62. The number of furan rings is 1. The third-order valence-electron chi connectivity index (χ3n) is 9.08. The molecule has 0 radical (unpaired) electrons. The molecule has 1 aliphatic carbocycles. The van der Waals surface area contributed by atoms with Gasteiger partial charge in [0.15, 0.2) is 5.76 Å². The summed E-state index contributed by atoms with van der Waals surface area (Å²) in [5, 5.41) is 0. The van der Waals surface area contributed by atoms with Gasteiger partial charge in [-0.3, -0.25) is 9.69 Å². The number of rotatable bonds is 17. The highest BCUT2D eigenvalue weighted by Gasteiger charge is 2.35. The first-order chi connectivity index (χ1) is 20.5. The Bertz CT molecular complexity index is 1010. The Labute approximate surface area is 251 Å². The van der Waals surface area contributed by atoms with Gasteiger partial charge in [0, 0.05) is 45.5 Å². The fraction of sp³-hybridized carbons (Fsp3) is 0.697. The van der Waals surface area contributed by atoms with Gasteiger partial charge in [-0.25, -0.2) is 4.98 Å². The lowest BCUT2D eigenvalue weighted by Crippen LogP contribution is -2.48. The number of likely N-dealkylation sites (tertiary alicyclic amines) is 1. The van der Waals surface area contributed by atoms with Gasteiger partial charge in [0.05, 0.1) is 19.5 Å². The highest BCUT2D eigenvalue weighted by molar-refractivity contribution is 6.04. The molecule has 1 aliphatic heterocycles. The molecule has 0 spiro atoms. The van der Waals surface area contributed by atoms with E-state index in [2.05, 4.69) is 9.88 Å². The van der Waals surface area contributed by atoms with Crippen molar-refractivity contribution >= 4 is 11.7 Å². The van der Waals surface area contributed by atoms with E-state index in [1.165, 1.54) is 44.9 Å². The molecule has 2 fully saturated rings. The summed E-state index contributed by atoms with van der Waals surface area (Å²) in [6, 6.07) is 7.56. The fourth-order valence-electron chi connectivity index (χ4n) is 6.62. The zero-order valence-electron chi connectivity index (χ0n) is 25.9. The van der Waals surface area contributed by atoms with Crippen LogP contribution in [-0.2, 0) is 18.9 Å². The average Bonchev–Trinajstić information content (AvgIpc) is 3.56. The number of piperidine rings is 1. The highest BCUT2D eigenvalue weighted by atomic mass is 16.7. The summed E-state index contributed by atoms with van der Waals surface area (Å²) in [6.45, 7) is 6.98. The monoisotopic (exact) mass is 585 g/mol. The minimum atomic E-state index is -0.116. The second kappa shape index (κ2) is 17.1. The van der Waals surface area contributed by atoms with Crippen molar-refractivity contribution in [2.75, 3.05) is 65.6 Å². The topological polar surface area (TPSA) is 86.5 Å². The Hall–Kier alpha value is -2.30. The van der Waals surface area contributed by atoms with E-state index in [0.29, 0.717) is 49.7 Å². The van der Waals surface area contributed by atoms with Crippen molar-refractivity contribution in [2.24, 2.45) is 11.3 Å². The summed E-state index contributed by atoms with van der Waals surface area (Å²) in [6.07, 6.45) is 15.3. The molecule has 2 aliphatic rings. The van der Waals surface area contributed by atoms with Crippen molar-refractivity contribution in [3.05, 3.63) is 48.0 Å². The average molecular weight is 586 g/mol. The van der Waals surface area contributed by atoms with Crippen LogP contribution >= 0.6 is 0 Å². The van der Waals surface area contributed by atoms with Crippen LogP contribution < -0.4 is 4.90 Å². The van der Waals surface area contributed by atoms with Crippen LogP contribution in [0.25, 0.3) is 0 Å². The summed E-state index contributed by atoms with van der Waals surface area (Å²) in [7, 11) is 3.31. The molecule has 3 heterocycles. The van der Waals surface area contributed by atoms with Gasteiger partial charge in [0.1, 0.15) is 19.4 Å². The standard InChI is InChI=1S/C33H51N3O6/c1-27-9-10-31(34-22-27)36(32(37)30-8-7-21-42-30)29-12-18-35(19-13-29)20-17-33(14-5-4-6-15-33)16-11-28(23-40-25-38-2)24-41-26-39-3/h7-10,21-22,28-29H,4-6,11-20,23-26H2,1-3H3. The first kappa shape index (κ1) is 32.6. The zero-order chi connectivity index (χ0) is 29.6. The van der Waals surface area contributed by atoms with E-state index in [1.54, 1.807) is 32.6 Å². The minimum Gasteiger partial charge on any atom is -0.459 e. The number of hydrogen-bond acceptors (Lipinski definition) is 8. The Morgan fingerprint density at radius 3 is 2.36 bits per heavy atom. The maximum absolute atomic E-state index is 13.5. The molecular formula is C33H51N3O6. The molecule has 1 saturated carbocycles. The van der Waals surface area contributed by atoms with Gasteiger partial charge in [-0.15, -0.1) is 0 Å². The van der Waals surface area contributed by atoms with E-state index in [4.69, 9.17) is 23.4 Å². The van der Waals surface area contributed by atoms with E-state index in [9.17, 15) is 4.79 Å². The number of aromatic nitrogens is 1. The number of anilines is 1. The van der Waals surface area contributed by atoms with Crippen LogP contribution in [0, 0.1) is 18.3 Å². The third kappa shape index (κ3) is 9.61. The summed E-state index contributed by atoms with van der Waals surface area (Å²) in [4.78, 5) is 22.6. The van der Waals surface area contributed by atoms with Crippen LogP contribution in [0.3, 0.4) is 0 Å². The first-order valence-electron chi connectivity index (χ1n) is 15.7. The number of carbonyl (C=O) groups is 1. The molecule has 0 unspecified atom stereocenters. The SMILES string of the molecule is COCOCC(CCC1(CCN2CCC(N(C(=O)c3ccco3)c3ccc(C)cn3)CC2)CCCCC1)COCOC. The second-order valence-corrected chi connectivity index (χ2v) is 12.2. The molecule has 9 nitrogen and oxygen atoms in total. The quantitative estimate of drug-likeness (QED) is 0.163. The Balaban J connectivity index is 1.33. The van der Waals surface area contributed by atoms with Gasteiger partial charge in [-0.2, -0.15) is 0 Å². The second-order valence-electron chi connectivity index (χ2n) is 12.2. The van der Waals surface area contributed by atoms with E-state index >= 15 is 0 Å². The number of nitrogens with zero attached hydrogens (tertiary/aromatic N) is 3. The number of methoxy groups -OCH3 is 2. The van der Waals surface area contributed by atoms with Crippen molar-refractivity contribution in [3.63, 3.8) is 0 Å². The van der Waals surface area contributed by atoms with Crippen molar-refractivity contribution < 1.29 is 28.2 Å². The molecule has 42 heavy (non-hydrogen) atoms. The number of aryl methyl sites for hydroxylation is 1. The third-order valence-corrected chi connectivity index (χ3v) is 9.08. The van der Waals surface area contributed by atoms with Crippen molar-refractivity contribution in [2.45, 2.75) is 77.2 Å². The van der Waals surface area contributed by atoms with Crippen molar-refractivity contribution in [1.82, 2.24) is 9.88 Å². The van der Waals surface area contributed by atoms with Gasteiger partial charge in [-0.05, 0) is 87.6 Å². The van der Waals surface area contributed by atoms with Gasteiger partial charge >= 0.3 is 0 Å². The smallest absolute Gasteiger partial charge is 0.295 e. The summed E-state index contributed by atoms with van der Waals surface area (Å²) in [5.41, 5.74) is 1.45. The Morgan fingerprint density at radius 1 is 1.05 bits per heavy atom. The van der Waals surface area contributed by atoms with Gasteiger partial charge < -0.3 is 28.3 Å². The molecule has 1 saturated heterocycles. The zero-order valence-corrected chi connectivity index (χ0v) is 25.9.